The SMILES string of the molecule is NC(=O)CS(=O)(=O)c1ccc(C(=O)Nc2ccc(Cl)c(-c3ccccn3)c2)c(Cl)c1. The topological polar surface area (TPSA) is 119 Å². The number of hydrogen-bond donors (Lipinski definition) is 2. The lowest BCUT2D eigenvalue weighted by molar-refractivity contribution is -0.115. The van der Waals surface area contributed by atoms with E-state index in [2.05, 4.69) is 10.3 Å². The Bertz CT molecular complexity index is 1230. The highest BCUT2D eigenvalue weighted by molar-refractivity contribution is 7.92. The number of carbonyl (C=O) groups excluding carboxylic acids is 2. The Hall–Kier alpha value is -2.94. The number of aromatic nitrogens is 1. The van der Waals surface area contributed by atoms with E-state index in [0.29, 0.717) is 22.0 Å². The maximum atomic E-state index is 12.6. The van der Waals surface area contributed by atoms with E-state index >= 15 is 0 Å². The van der Waals surface area contributed by atoms with E-state index in [0.717, 1.165) is 6.07 Å². The number of carbonyl (C=O) groups is 2. The van der Waals surface area contributed by atoms with Gasteiger partial charge in [-0.15, -0.1) is 0 Å². The van der Waals surface area contributed by atoms with Crippen LogP contribution in [-0.4, -0.2) is 31.0 Å². The van der Waals surface area contributed by atoms with E-state index < -0.39 is 27.4 Å². The van der Waals surface area contributed by atoms with Crippen molar-refractivity contribution < 1.29 is 18.0 Å². The van der Waals surface area contributed by atoms with Gasteiger partial charge in [0, 0.05) is 17.4 Å². The number of nitrogens with two attached hydrogens (primary N) is 1. The Balaban J connectivity index is 1.86. The van der Waals surface area contributed by atoms with E-state index in [-0.39, 0.29) is 15.5 Å². The second-order valence-corrected chi connectivity index (χ2v) is 9.03. The molecule has 0 aliphatic carbocycles. The average molecular weight is 464 g/mol. The van der Waals surface area contributed by atoms with Crippen LogP contribution in [0.15, 0.2) is 65.7 Å². The smallest absolute Gasteiger partial charge is 0.257 e. The van der Waals surface area contributed by atoms with Crippen molar-refractivity contribution in [1.82, 2.24) is 4.98 Å². The molecule has 0 atom stereocenters. The van der Waals surface area contributed by atoms with Crippen LogP contribution in [0.1, 0.15) is 10.4 Å². The number of amides is 2. The van der Waals surface area contributed by atoms with E-state index in [1.807, 2.05) is 6.07 Å². The van der Waals surface area contributed by atoms with Gasteiger partial charge in [0.15, 0.2) is 9.84 Å². The molecule has 0 saturated heterocycles. The molecule has 0 radical (unpaired) electrons. The van der Waals surface area contributed by atoms with Gasteiger partial charge in [-0.25, -0.2) is 8.42 Å². The molecular formula is C20H15Cl2N3O4S. The number of nitrogens with zero attached hydrogens (tertiary/aromatic N) is 1. The molecular weight excluding hydrogens is 449 g/mol. The Morgan fingerprint density at radius 1 is 1.00 bits per heavy atom. The normalized spacial score (nSPS) is 11.1. The maximum absolute atomic E-state index is 12.6. The second-order valence-electron chi connectivity index (χ2n) is 6.23. The summed E-state index contributed by atoms with van der Waals surface area (Å²) in [5.74, 6) is -2.39. The molecule has 3 rings (SSSR count). The zero-order chi connectivity index (χ0) is 21.9. The van der Waals surface area contributed by atoms with Crippen LogP contribution in [0, 0.1) is 0 Å². The van der Waals surface area contributed by atoms with Crippen LogP contribution in [0.5, 0.6) is 0 Å². The van der Waals surface area contributed by atoms with Crippen molar-refractivity contribution in [3.8, 4) is 11.3 Å². The van der Waals surface area contributed by atoms with Crippen LogP contribution < -0.4 is 11.1 Å². The van der Waals surface area contributed by atoms with Crippen LogP contribution >= 0.6 is 23.2 Å². The number of anilines is 1. The van der Waals surface area contributed by atoms with Gasteiger partial charge in [-0.3, -0.25) is 14.6 Å². The van der Waals surface area contributed by atoms with Gasteiger partial charge >= 0.3 is 0 Å². The van der Waals surface area contributed by atoms with Crippen LogP contribution in [0.2, 0.25) is 10.0 Å². The molecule has 10 heteroatoms. The Morgan fingerprint density at radius 2 is 1.77 bits per heavy atom. The van der Waals surface area contributed by atoms with Crippen molar-refractivity contribution in [1.29, 1.82) is 0 Å². The lowest BCUT2D eigenvalue weighted by Gasteiger charge is -2.11. The number of benzene rings is 2. The van der Waals surface area contributed by atoms with E-state index in [1.54, 1.807) is 36.5 Å². The zero-order valence-corrected chi connectivity index (χ0v) is 17.6. The summed E-state index contributed by atoms with van der Waals surface area (Å²) in [6.07, 6.45) is 1.63. The van der Waals surface area contributed by atoms with Gasteiger partial charge in [0.05, 0.1) is 26.2 Å². The molecule has 3 aromatic rings. The summed E-state index contributed by atoms with van der Waals surface area (Å²) >= 11 is 12.4. The number of sulfone groups is 1. The minimum atomic E-state index is -3.94. The molecule has 2 aromatic carbocycles. The van der Waals surface area contributed by atoms with Crippen molar-refractivity contribution in [2.75, 3.05) is 11.1 Å². The van der Waals surface area contributed by atoms with Gasteiger partial charge in [0.2, 0.25) is 5.91 Å². The predicted octanol–water partition coefficient (Wildman–Crippen LogP) is 3.57. The summed E-state index contributed by atoms with van der Waals surface area (Å²) in [5, 5.41) is 3.07. The predicted molar refractivity (Wildman–Crippen MR) is 115 cm³/mol. The van der Waals surface area contributed by atoms with Crippen LogP contribution in [0.4, 0.5) is 5.69 Å². The third kappa shape index (κ3) is 4.96. The molecule has 0 aliphatic heterocycles. The highest BCUT2D eigenvalue weighted by Crippen LogP contribution is 2.30. The van der Waals surface area contributed by atoms with Crippen LogP contribution in [0.3, 0.4) is 0 Å². The minimum Gasteiger partial charge on any atom is -0.369 e. The van der Waals surface area contributed by atoms with Gasteiger partial charge in [-0.1, -0.05) is 29.3 Å². The second kappa shape index (κ2) is 8.83. The highest BCUT2D eigenvalue weighted by atomic mass is 35.5. The van der Waals surface area contributed by atoms with Crippen molar-refractivity contribution in [2.24, 2.45) is 5.73 Å². The molecule has 0 saturated carbocycles. The summed E-state index contributed by atoms with van der Waals surface area (Å²) in [7, 11) is -3.94. The fourth-order valence-electron chi connectivity index (χ4n) is 2.66. The number of nitrogens with one attached hydrogen (secondary N) is 1. The number of halogens is 2. The number of rotatable bonds is 6. The molecule has 154 valence electrons. The third-order valence-electron chi connectivity index (χ3n) is 4.04. The monoisotopic (exact) mass is 463 g/mol. The number of hydrogen-bond acceptors (Lipinski definition) is 5. The lowest BCUT2D eigenvalue weighted by atomic mass is 10.1. The summed E-state index contributed by atoms with van der Waals surface area (Å²) in [5.41, 5.74) is 6.74. The van der Waals surface area contributed by atoms with Crippen molar-refractivity contribution in [3.05, 3.63) is 76.4 Å². The molecule has 2 amide bonds. The average Bonchev–Trinajstić information content (AvgIpc) is 2.69. The minimum absolute atomic E-state index is 0.0593. The summed E-state index contributed by atoms with van der Waals surface area (Å²) in [6, 6.07) is 13.9. The van der Waals surface area contributed by atoms with Crippen molar-refractivity contribution in [2.45, 2.75) is 4.90 Å². The first-order valence-electron chi connectivity index (χ1n) is 8.50. The summed E-state index contributed by atoms with van der Waals surface area (Å²) in [4.78, 5) is 27.6. The molecule has 7 nitrogen and oxygen atoms in total. The zero-order valence-electron chi connectivity index (χ0n) is 15.3. The molecule has 0 spiro atoms. The van der Waals surface area contributed by atoms with E-state index in [9.17, 15) is 18.0 Å². The molecule has 1 heterocycles. The quantitative estimate of drug-likeness (QED) is 0.578. The van der Waals surface area contributed by atoms with Gasteiger partial charge in [-0.2, -0.15) is 0 Å². The summed E-state index contributed by atoms with van der Waals surface area (Å²) < 4.78 is 24.2. The fourth-order valence-corrected chi connectivity index (χ4v) is 4.32. The lowest BCUT2D eigenvalue weighted by Crippen LogP contribution is -2.23. The Labute approximate surface area is 182 Å². The first-order valence-corrected chi connectivity index (χ1v) is 10.9. The first kappa shape index (κ1) is 21.8. The van der Waals surface area contributed by atoms with Crippen LogP contribution in [-0.2, 0) is 14.6 Å². The summed E-state index contributed by atoms with van der Waals surface area (Å²) in [6.45, 7) is 0. The molecule has 30 heavy (non-hydrogen) atoms. The molecule has 0 unspecified atom stereocenters. The van der Waals surface area contributed by atoms with Gasteiger partial charge in [0.25, 0.3) is 5.91 Å². The molecule has 1 aromatic heterocycles. The molecule has 0 fully saturated rings. The molecule has 0 aliphatic rings. The van der Waals surface area contributed by atoms with Crippen LogP contribution in [0.25, 0.3) is 11.3 Å². The Morgan fingerprint density at radius 3 is 2.40 bits per heavy atom. The largest absolute Gasteiger partial charge is 0.369 e. The number of pyridine rings is 1. The molecule has 0 bridgehead atoms. The maximum Gasteiger partial charge on any atom is 0.257 e. The van der Waals surface area contributed by atoms with Gasteiger partial charge in [0.1, 0.15) is 5.75 Å². The molecule has 3 N–H and O–H groups in total. The highest BCUT2D eigenvalue weighted by Gasteiger charge is 2.20. The van der Waals surface area contributed by atoms with Gasteiger partial charge in [-0.05, 0) is 48.5 Å². The van der Waals surface area contributed by atoms with E-state index in [4.69, 9.17) is 28.9 Å². The third-order valence-corrected chi connectivity index (χ3v) is 6.32. The Kier molecular flexibility index (Phi) is 6.40. The van der Waals surface area contributed by atoms with Crippen molar-refractivity contribution >= 4 is 50.5 Å². The van der Waals surface area contributed by atoms with E-state index in [1.165, 1.54) is 12.1 Å². The first-order chi connectivity index (χ1) is 14.2. The van der Waals surface area contributed by atoms with Gasteiger partial charge < -0.3 is 11.1 Å². The fraction of sp³-hybridized carbons (Fsp3) is 0.0500. The van der Waals surface area contributed by atoms with Crippen molar-refractivity contribution in [3.63, 3.8) is 0 Å². The number of primary amides is 1. The standard InChI is InChI=1S/C20H15Cl2N3O4S/c21-16-7-4-12(9-15(16)18-3-1-2-8-24-18)25-20(27)14-6-5-13(10-17(14)22)30(28,29)11-19(23)26/h1-10H,11H2,(H2,23,26)(H,25,27).